The van der Waals surface area contributed by atoms with Gasteiger partial charge in [-0.15, -0.1) is 0 Å². The SMILES string of the molecule is CCOC(=O)C1=C(COC)Nc2ncnn2C1c1ccc([N+](=O)[O-])o1. The van der Waals surface area contributed by atoms with E-state index in [1.807, 2.05) is 0 Å². The molecule has 0 aliphatic carbocycles. The fourth-order valence-corrected chi connectivity index (χ4v) is 2.57. The van der Waals surface area contributed by atoms with Crippen LogP contribution in [-0.4, -0.2) is 46.0 Å². The van der Waals surface area contributed by atoms with E-state index in [0.29, 0.717) is 11.6 Å². The zero-order valence-corrected chi connectivity index (χ0v) is 13.5. The van der Waals surface area contributed by atoms with E-state index in [-0.39, 0.29) is 24.5 Å². The van der Waals surface area contributed by atoms with Crippen molar-refractivity contribution in [1.82, 2.24) is 14.8 Å². The van der Waals surface area contributed by atoms with E-state index in [1.54, 1.807) is 6.92 Å². The van der Waals surface area contributed by atoms with Gasteiger partial charge in [0.05, 0.1) is 30.6 Å². The number of methoxy groups -OCH3 is 1. The molecule has 3 rings (SSSR count). The van der Waals surface area contributed by atoms with Crippen LogP contribution in [0.2, 0.25) is 0 Å². The van der Waals surface area contributed by atoms with E-state index in [9.17, 15) is 14.9 Å². The molecule has 25 heavy (non-hydrogen) atoms. The number of nitrogens with one attached hydrogen (secondary N) is 1. The number of carbonyl (C=O) groups is 1. The summed E-state index contributed by atoms with van der Waals surface area (Å²) in [4.78, 5) is 26.9. The Morgan fingerprint density at radius 2 is 2.32 bits per heavy atom. The van der Waals surface area contributed by atoms with E-state index < -0.39 is 22.8 Å². The van der Waals surface area contributed by atoms with Crippen LogP contribution in [0.15, 0.2) is 34.1 Å². The van der Waals surface area contributed by atoms with Gasteiger partial charge < -0.3 is 19.2 Å². The van der Waals surface area contributed by atoms with Gasteiger partial charge >= 0.3 is 11.9 Å². The Morgan fingerprint density at radius 3 is 2.96 bits per heavy atom. The number of fused-ring (bicyclic) bond motifs is 1. The molecule has 0 spiro atoms. The third-order valence-electron chi connectivity index (χ3n) is 3.52. The highest BCUT2D eigenvalue weighted by atomic mass is 16.6. The summed E-state index contributed by atoms with van der Waals surface area (Å²) in [6, 6.07) is 1.77. The van der Waals surface area contributed by atoms with E-state index >= 15 is 0 Å². The Labute approximate surface area is 141 Å². The van der Waals surface area contributed by atoms with Crippen LogP contribution in [0.4, 0.5) is 11.8 Å². The second-order valence-corrected chi connectivity index (χ2v) is 5.03. The number of aromatic nitrogens is 3. The second-order valence-electron chi connectivity index (χ2n) is 5.03. The summed E-state index contributed by atoms with van der Waals surface area (Å²) in [6.45, 7) is 1.93. The highest BCUT2D eigenvalue weighted by Gasteiger charge is 2.38. The van der Waals surface area contributed by atoms with E-state index in [4.69, 9.17) is 13.9 Å². The van der Waals surface area contributed by atoms with Crippen LogP contribution in [0.3, 0.4) is 0 Å². The molecule has 3 heterocycles. The minimum absolute atomic E-state index is 0.0836. The summed E-state index contributed by atoms with van der Waals surface area (Å²) < 4.78 is 17.0. The van der Waals surface area contributed by atoms with Crippen molar-refractivity contribution in [3.05, 3.63) is 45.6 Å². The molecule has 11 heteroatoms. The van der Waals surface area contributed by atoms with Crippen LogP contribution in [0.25, 0.3) is 0 Å². The first-order valence-electron chi connectivity index (χ1n) is 7.36. The molecule has 0 saturated carbocycles. The first kappa shape index (κ1) is 16.6. The summed E-state index contributed by atoms with van der Waals surface area (Å²) in [6.07, 6.45) is 1.30. The average molecular weight is 349 g/mol. The quantitative estimate of drug-likeness (QED) is 0.464. The summed E-state index contributed by atoms with van der Waals surface area (Å²) in [5.74, 6) is -0.528. The van der Waals surface area contributed by atoms with E-state index in [1.165, 1.54) is 30.3 Å². The predicted molar refractivity (Wildman–Crippen MR) is 82.7 cm³/mol. The summed E-state index contributed by atoms with van der Waals surface area (Å²) >= 11 is 0. The molecule has 0 radical (unpaired) electrons. The molecule has 0 amide bonds. The highest BCUT2D eigenvalue weighted by molar-refractivity contribution is 5.92. The molecule has 2 aromatic rings. The molecule has 1 atom stereocenters. The molecule has 0 saturated heterocycles. The van der Waals surface area contributed by atoms with Crippen molar-refractivity contribution < 1.29 is 23.6 Å². The Morgan fingerprint density at radius 1 is 1.52 bits per heavy atom. The summed E-state index contributed by atoms with van der Waals surface area (Å²) in [5.41, 5.74) is 0.608. The van der Waals surface area contributed by atoms with Crippen molar-refractivity contribution in [3.63, 3.8) is 0 Å². The molecule has 1 N–H and O–H groups in total. The Hall–Kier alpha value is -3.21. The van der Waals surface area contributed by atoms with Crippen molar-refractivity contribution in [2.75, 3.05) is 25.6 Å². The molecular formula is C14H15N5O6. The maximum atomic E-state index is 12.5. The first-order chi connectivity index (χ1) is 12.1. The number of carbonyl (C=O) groups excluding carboxylic acids is 1. The zero-order valence-electron chi connectivity index (χ0n) is 13.5. The lowest BCUT2D eigenvalue weighted by Crippen LogP contribution is -2.31. The number of anilines is 1. The third kappa shape index (κ3) is 2.96. The standard InChI is InChI=1S/C14H15N5O6/c1-3-24-13(20)11-8(6-23-2)17-14-15-7-16-18(14)12(11)9-4-5-10(25-9)19(21)22/h4-5,7,12H,3,6H2,1-2H3,(H,15,16,17). The molecule has 1 aliphatic heterocycles. The lowest BCUT2D eigenvalue weighted by molar-refractivity contribution is -0.402. The zero-order chi connectivity index (χ0) is 18.0. The van der Waals surface area contributed by atoms with E-state index in [2.05, 4.69) is 15.4 Å². The number of hydrogen-bond donors (Lipinski definition) is 1. The van der Waals surface area contributed by atoms with Gasteiger partial charge in [-0.05, 0) is 13.0 Å². The number of ether oxygens (including phenoxy) is 2. The monoisotopic (exact) mass is 349 g/mol. The predicted octanol–water partition coefficient (Wildman–Crippen LogP) is 1.26. The van der Waals surface area contributed by atoms with Crippen LogP contribution >= 0.6 is 0 Å². The van der Waals surface area contributed by atoms with Gasteiger partial charge in [0.25, 0.3) is 0 Å². The van der Waals surface area contributed by atoms with Crippen LogP contribution < -0.4 is 5.32 Å². The Kier molecular flexibility index (Phi) is 4.48. The molecular weight excluding hydrogens is 334 g/mol. The number of rotatable bonds is 6. The van der Waals surface area contributed by atoms with Crippen LogP contribution in [0.5, 0.6) is 0 Å². The van der Waals surface area contributed by atoms with Crippen molar-refractivity contribution in [3.8, 4) is 0 Å². The van der Waals surface area contributed by atoms with Crippen molar-refractivity contribution in [2.24, 2.45) is 0 Å². The molecule has 132 valence electrons. The fraction of sp³-hybridized carbons (Fsp3) is 0.357. The number of hydrogen-bond acceptors (Lipinski definition) is 9. The van der Waals surface area contributed by atoms with Gasteiger partial charge in [0, 0.05) is 7.11 Å². The summed E-state index contributed by atoms with van der Waals surface area (Å²) in [5, 5.41) is 18.0. The Bertz CT molecular complexity index is 838. The highest BCUT2D eigenvalue weighted by Crippen LogP contribution is 2.37. The maximum Gasteiger partial charge on any atom is 0.433 e. The molecule has 1 unspecified atom stereocenters. The maximum absolute atomic E-state index is 12.5. The smallest absolute Gasteiger partial charge is 0.433 e. The Balaban J connectivity index is 2.15. The molecule has 0 aromatic carbocycles. The topological polar surface area (TPSA) is 135 Å². The number of nitro groups is 1. The molecule has 2 aromatic heterocycles. The molecule has 0 fully saturated rings. The van der Waals surface area contributed by atoms with Gasteiger partial charge in [0.2, 0.25) is 5.95 Å². The van der Waals surface area contributed by atoms with Gasteiger partial charge in [-0.25, -0.2) is 9.48 Å². The normalized spacial score (nSPS) is 16.3. The van der Waals surface area contributed by atoms with Crippen molar-refractivity contribution >= 4 is 17.8 Å². The lowest BCUT2D eigenvalue weighted by atomic mass is 10.0. The van der Waals surface area contributed by atoms with E-state index in [0.717, 1.165) is 0 Å². The third-order valence-corrected chi connectivity index (χ3v) is 3.52. The number of furan rings is 1. The lowest BCUT2D eigenvalue weighted by Gasteiger charge is -2.27. The van der Waals surface area contributed by atoms with Gasteiger partial charge in [-0.3, -0.25) is 10.1 Å². The van der Waals surface area contributed by atoms with Gasteiger partial charge in [-0.1, -0.05) is 0 Å². The van der Waals surface area contributed by atoms with Gasteiger partial charge in [-0.2, -0.15) is 10.1 Å². The van der Waals surface area contributed by atoms with Crippen molar-refractivity contribution in [2.45, 2.75) is 13.0 Å². The minimum atomic E-state index is -0.864. The average Bonchev–Trinajstić information content (AvgIpc) is 3.23. The summed E-state index contributed by atoms with van der Waals surface area (Å²) in [7, 11) is 1.48. The van der Waals surface area contributed by atoms with Crippen LogP contribution in [0.1, 0.15) is 18.7 Å². The molecule has 1 aliphatic rings. The van der Waals surface area contributed by atoms with Crippen molar-refractivity contribution in [1.29, 1.82) is 0 Å². The minimum Gasteiger partial charge on any atom is -0.463 e. The van der Waals surface area contributed by atoms with Crippen LogP contribution in [-0.2, 0) is 14.3 Å². The molecule has 11 nitrogen and oxygen atoms in total. The second kappa shape index (κ2) is 6.73. The van der Waals surface area contributed by atoms with Crippen LogP contribution in [0, 0.1) is 10.1 Å². The number of nitrogens with zero attached hydrogens (tertiary/aromatic N) is 4. The molecule has 0 bridgehead atoms. The fourth-order valence-electron chi connectivity index (χ4n) is 2.57. The van der Waals surface area contributed by atoms with Gasteiger partial charge in [0.1, 0.15) is 23.1 Å². The largest absolute Gasteiger partial charge is 0.463 e. The number of esters is 1. The first-order valence-corrected chi connectivity index (χ1v) is 7.36. The van der Waals surface area contributed by atoms with Gasteiger partial charge in [0.15, 0.2) is 0 Å².